The van der Waals surface area contributed by atoms with E-state index in [1.54, 1.807) is 5.32 Å². The van der Waals surface area contributed by atoms with Crippen molar-refractivity contribution in [1.29, 1.82) is 0 Å². The first-order valence-electron chi connectivity index (χ1n) is 4.23. The third-order valence-electron chi connectivity index (χ3n) is 1.61. The molecular formula is C9H9F3N2O2. The Bertz CT molecular complexity index is 362. The first-order chi connectivity index (χ1) is 7.39. The molecule has 0 aliphatic heterocycles. The molecule has 0 aliphatic carbocycles. The van der Waals surface area contributed by atoms with Crippen LogP contribution in [0.1, 0.15) is 0 Å². The van der Waals surface area contributed by atoms with Gasteiger partial charge in [-0.15, -0.1) is 0 Å². The number of hydrogen-bond donors (Lipinski definition) is 2. The second-order valence-corrected chi connectivity index (χ2v) is 2.86. The van der Waals surface area contributed by atoms with Crippen LogP contribution in [0.5, 0.6) is 5.75 Å². The summed E-state index contributed by atoms with van der Waals surface area (Å²) in [5.74, 6) is -1.72. The molecule has 1 amide bonds. The summed E-state index contributed by atoms with van der Waals surface area (Å²) in [6, 6.07) is 6.02. The zero-order valence-corrected chi connectivity index (χ0v) is 8.04. The summed E-state index contributed by atoms with van der Waals surface area (Å²) in [7, 11) is 0. The van der Waals surface area contributed by atoms with E-state index in [2.05, 4.69) is 0 Å². The number of amides is 1. The van der Waals surface area contributed by atoms with E-state index in [-0.39, 0.29) is 0 Å². The van der Waals surface area contributed by atoms with Gasteiger partial charge in [-0.25, -0.2) is 0 Å². The van der Waals surface area contributed by atoms with Gasteiger partial charge in [-0.05, 0) is 24.3 Å². The normalized spacial score (nSPS) is 10.9. The Labute approximate surface area is 89.2 Å². The number of nitrogens with one attached hydrogen (secondary N) is 1. The van der Waals surface area contributed by atoms with Crippen molar-refractivity contribution < 1.29 is 22.7 Å². The largest absolute Gasteiger partial charge is 0.473 e. The SMILES string of the molecule is Nc1ccc(OCNC(=O)C(F)(F)F)cc1. The number of rotatable bonds is 3. The van der Waals surface area contributed by atoms with Crippen LogP contribution in [0.3, 0.4) is 0 Å². The standard InChI is InChI=1S/C9H9F3N2O2/c10-9(11,12)8(15)14-5-16-7-3-1-6(13)2-4-7/h1-4H,5,13H2,(H,14,15). The summed E-state index contributed by atoms with van der Waals surface area (Å²) < 4.78 is 40.1. The number of nitrogen functional groups attached to an aromatic ring is 1. The van der Waals surface area contributed by atoms with E-state index in [1.807, 2.05) is 0 Å². The van der Waals surface area contributed by atoms with Crippen molar-refractivity contribution in [2.45, 2.75) is 6.18 Å². The van der Waals surface area contributed by atoms with Crippen LogP contribution in [0.25, 0.3) is 0 Å². The van der Waals surface area contributed by atoms with Crippen LogP contribution >= 0.6 is 0 Å². The van der Waals surface area contributed by atoms with Gasteiger partial charge >= 0.3 is 12.1 Å². The number of halogens is 3. The Morgan fingerprint density at radius 2 is 1.88 bits per heavy atom. The number of carbonyl (C=O) groups is 1. The van der Waals surface area contributed by atoms with Crippen molar-refractivity contribution in [2.24, 2.45) is 0 Å². The smallest absolute Gasteiger partial charge is 0.471 e. The Kier molecular flexibility index (Phi) is 3.60. The van der Waals surface area contributed by atoms with E-state index in [1.165, 1.54) is 24.3 Å². The number of nitrogens with two attached hydrogens (primary N) is 1. The zero-order valence-electron chi connectivity index (χ0n) is 8.04. The molecule has 88 valence electrons. The quantitative estimate of drug-likeness (QED) is 0.611. The predicted molar refractivity (Wildman–Crippen MR) is 50.5 cm³/mol. The van der Waals surface area contributed by atoms with Crippen LogP contribution in [-0.4, -0.2) is 18.8 Å². The maximum absolute atomic E-state index is 11.7. The van der Waals surface area contributed by atoms with E-state index in [4.69, 9.17) is 10.5 Å². The molecule has 1 aromatic rings. The molecule has 0 spiro atoms. The first kappa shape index (κ1) is 12.2. The summed E-state index contributed by atoms with van der Waals surface area (Å²) in [5.41, 5.74) is 5.89. The molecule has 1 rings (SSSR count). The lowest BCUT2D eigenvalue weighted by Crippen LogP contribution is -2.38. The van der Waals surface area contributed by atoms with Gasteiger partial charge in [-0.3, -0.25) is 4.79 Å². The molecule has 0 aromatic heterocycles. The lowest BCUT2D eigenvalue weighted by Gasteiger charge is -2.09. The Hall–Kier alpha value is -1.92. The monoisotopic (exact) mass is 234 g/mol. The average Bonchev–Trinajstić information content (AvgIpc) is 2.19. The lowest BCUT2D eigenvalue weighted by molar-refractivity contribution is -0.174. The van der Waals surface area contributed by atoms with E-state index < -0.39 is 18.8 Å². The van der Waals surface area contributed by atoms with Gasteiger partial charge in [-0.1, -0.05) is 0 Å². The fourth-order valence-corrected chi connectivity index (χ4v) is 0.849. The number of benzene rings is 1. The number of alkyl halides is 3. The van der Waals surface area contributed by atoms with Crippen molar-refractivity contribution in [3.05, 3.63) is 24.3 Å². The van der Waals surface area contributed by atoms with Crippen LogP contribution in [-0.2, 0) is 4.79 Å². The zero-order chi connectivity index (χ0) is 12.2. The minimum atomic E-state index is -4.90. The summed E-state index contributed by atoms with van der Waals surface area (Å²) in [6.07, 6.45) is -4.90. The molecule has 0 radical (unpaired) electrons. The van der Waals surface area contributed by atoms with Crippen LogP contribution in [0.4, 0.5) is 18.9 Å². The van der Waals surface area contributed by atoms with Crippen LogP contribution < -0.4 is 15.8 Å². The van der Waals surface area contributed by atoms with Gasteiger partial charge in [0.15, 0.2) is 6.73 Å². The van der Waals surface area contributed by atoms with Crippen molar-refractivity contribution in [2.75, 3.05) is 12.5 Å². The van der Waals surface area contributed by atoms with E-state index in [0.29, 0.717) is 11.4 Å². The molecular weight excluding hydrogens is 225 g/mol. The molecule has 0 heterocycles. The molecule has 16 heavy (non-hydrogen) atoms. The highest BCUT2D eigenvalue weighted by Crippen LogP contribution is 2.15. The van der Waals surface area contributed by atoms with Crippen LogP contribution in [0, 0.1) is 0 Å². The van der Waals surface area contributed by atoms with E-state index >= 15 is 0 Å². The molecule has 7 heteroatoms. The Morgan fingerprint density at radius 1 is 1.31 bits per heavy atom. The topological polar surface area (TPSA) is 64.3 Å². The maximum Gasteiger partial charge on any atom is 0.471 e. The molecule has 0 atom stereocenters. The predicted octanol–water partition coefficient (Wildman–Crippen LogP) is 1.28. The van der Waals surface area contributed by atoms with Crippen LogP contribution in [0.15, 0.2) is 24.3 Å². The molecule has 0 aliphatic rings. The molecule has 0 unspecified atom stereocenters. The summed E-state index contributed by atoms with van der Waals surface area (Å²) in [6.45, 7) is -0.553. The van der Waals surface area contributed by atoms with Gasteiger partial charge in [0.05, 0.1) is 0 Å². The lowest BCUT2D eigenvalue weighted by atomic mass is 10.3. The molecule has 0 saturated carbocycles. The van der Waals surface area contributed by atoms with Gasteiger partial charge in [0.25, 0.3) is 0 Å². The van der Waals surface area contributed by atoms with Crippen LogP contribution in [0.2, 0.25) is 0 Å². The third kappa shape index (κ3) is 3.68. The Balaban J connectivity index is 2.36. The fraction of sp³-hybridized carbons (Fsp3) is 0.222. The maximum atomic E-state index is 11.7. The van der Waals surface area contributed by atoms with E-state index in [0.717, 1.165) is 0 Å². The number of anilines is 1. The molecule has 3 N–H and O–H groups in total. The van der Waals surface area contributed by atoms with Gasteiger partial charge in [0, 0.05) is 5.69 Å². The summed E-state index contributed by atoms with van der Waals surface area (Å²) >= 11 is 0. The second kappa shape index (κ2) is 4.73. The van der Waals surface area contributed by atoms with Gasteiger partial charge in [-0.2, -0.15) is 13.2 Å². The average molecular weight is 234 g/mol. The summed E-state index contributed by atoms with van der Waals surface area (Å²) in [5, 5.41) is 1.57. The van der Waals surface area contributed by atoms with Crippen molar-refractivity contribution >= 4 is 11.6 Å². The molecule has 1 aromatic carbocycles. The fourth-order valence-electron chi connectivity index (χ4n) is 0.849. The minimum absolute atomic E-state index is 0.316. The molecule has 4 nitrogen and oxygen atoms in total. The number of carbonyl (C=O) groups excluding carboxylic acids is 1. The number of ether oxygens (including phenoxy) is 1. The van der Waals surface area contributed by atoms with Gasteiger partial charge in [0.1, 0.15) is 5.75 Å². The first-order valence-corrected chi connectivity index (χ1v) is 4.23. The third-order valence-corrected chi connectivity index (χ3v) is 1.61. The van der Waals surface area contributed by atoms with Crippen molar-refractivity contribution in [3.8, 4) is 5.75 Å². The van der Waals surface area contributed by atoms with Gasteiger partial charge in [0.2, 0.25) is 0 Å². The summed E-state index contributed by atoms with van der Waals surface area (Å²) in [4.78, 5) is 10.4. The highest BCUT2D eigenvalue weighted by molar-refractivity contribution is 5.81. The molecule has 0 bridgehead atoms. The highest BCUT2D eigenvalue weighted by Gasteiger charge is 2.38. The van der Waals surface area contributed by atoms with Crippen molar-refractivity contribution in [3.63, 3.8) is 0 Å². The van der Waals surface area contributed by atoms with Crippen molar-refractivity contribution in [1.82, 2.24) is 5.32 Å². The number of hydrogen-bond acceptors (Lipinski definition) is 3. The minimum Gasteiger partial charge on any atom is -0.473 e. The Morgan fingerprint density at radius 3 is 2.38 bits per heavy atom. The molecule has 0 saturated heterocycles. The highest BCUT2D eigenvalue weighted by atomic mass is 19.4. The second-order valence-electron chi connectivity index (χ2n) is 2.86. The molecule has 0 fully saturated rings. The van der Waals surface area contributed by atoms with E-state index in [9.17, 15) is 18.0 Å². The van der Waals surface area contributed by atoms with Gasteiger partial charge < -0.3 is 15.8 Å².